The second kappa shape index (κ2) is 6.14. The highest BCUT2D eigenvalue weighted by atomic mass is 16.1. The van der Waals surface area contributed by atoms with Crippen molar-refractivity contribution in [2.24, 2.45) is 0 Å². The number of rotatable bonds is 4. The molecule has 0 bridgehead atoms. The summed E-state index contributed by atoms with van der Waals surface area (Å²) >= 11 is 0. The fourth-order valence-electron chi connectivity index (χ4n) is 1.74. The molecule has 1 heterocycles. The van der Waals surface area contributed by atoms with Gasteiger partial charge in [-0.2, -0.15) is 0 Å². The fourth-order valence-corrected chi connectivity index (χ4v) is 1.74. The zero-order chi connectivity index (χ0) is 14.5. The highest BCUT2D eigenvalue weighted by Crippen LogP contribution is 2.12. The molecule has 0 radical (unpaired) electrons. The lowest BCUT2D eigenvalue weighted by Gasteiger charge is -2.10. The van der Waals surface area contributed by atoms with E-state index in [0.29, 0.717) is 11.5 Å². The molecule has 0 aliphatic heterocycles. The number of carbonyl (C=O) groups is 1. The van der Waals surface area contributed by atoms with Crippen LogP contribution in [0.3, 0.4) is 0 Å². The number of nitrogens with zero attached hydrogens (tertiary/aromatic N) is 3. The van der Waals surface area contributed by atoms with Crippen molar-refractivity contribution >= 4 is 17.5 Å². The molecule has 0 unspecified atom stereocenters. The molecule has 0 atom stereocenters. The normalized spacial score (nSPS) is 10.2. The smallest absolute Gasteiger partial charge is 0.258 e. The van der Waals surface area contributed by atoms with Crippen molar-refractivity contribution in [3.05, 3.63) is 47.8 Å². The fraction of sp³-hybridized carbons (Fsp3) is 0.267. The van der Waals surface area contributed by atoms with Crippen LogP contribution in [0.15, 0.2) is 36.7 Å². The molecule has 5 heteroatoms. The van der Waals surface area contributed by atoms with E-state index in [0.717, 1.165) is 12.1 Å². The van der Waals surface area contributed by atoms with Gasteiger partial charge in [0.2, 0.25) is 5.95 Å². The third-order valence-corrected chi connectivity index (χ3v) is 2.89. The summed E-state index contributed by atoms with van der Waals surface area (Å²) in [4.78, 5) is 22.1. The minimum Gasteiger partial charge on any atom is -0.347 e. The van der Waals surface area contributed by atoms with E-state index in [1.54, 1.807) is 4.90 Å². The van der Waals surface area contributed by atoms with Crippen molar-refractivity contribution in [1.29, 1.82) is 0 Å². The monoisotopic (exact) mass is 270 g/mol. The lowest BCUT2D eigenvalue weighted by molar-refractivity contribution is 0.102. The maximum Gasteiger partial charge on any atom is 0.258 e. The van der Waals surface area contributed by atoms with Gasteiger partial charge < -0.3 is 10.2 Å². The average Bonchev–Trinajstić information content (AvgIpc) is 2.47. The van der Waals surface area contributed by atoms with Gasteiger partial charge in [-0.25, -0.2) is 9.97 Å². The molecule has 1 N–H and O–H groups in total. The highest BCUT2D eigenvalue weighted by Gasteiger charge is 2.08. The molecule has 5 nitrogen and oxygen atoms in total. The maximum absolute atomic E-state index is 12.1. The Kier molecular flexibility index (Phi) is 4.30. The predicted molar refractivity (Wildman–Crippen MR) is 80.1 cm³/mol. The summed E-state index contributed by atoms with van der Waals surface area (Å²) in [6.07, 6.45) is 3.99. The summed E-state index contributed by atoms with van der Waals surface area (Å²) < 4.78 is 0. The molecule has 0 saturated carbocycles. The van der Waals surface area contributed by atoms with Gasteiger partial charge >= 0.3 is 0 Å². The Hall–Kier alpha value is -2.43. The topological polar surface area (TPSA) is 58.1 Å². The summed E-state index contributed by atoms with van der Waals surface area (Å²) in [5.41, 5.74) is 2.41. The Labute approximate surface area is 118 Å². The van der Waals surface area contributed by atoms with Gasteiger partial charge in [-0.3, -0.25) is 4.79 Å². The van der Waals surface area contributed by atoms with Crippen LogP contribution in [0.4, 0.5) is 11.6 Å². The van der Waals surface area contributed by atoms with Crippen LogP contribution in [0.2, 0.25) is 0 Å². The first-order valence-corrected chi connectivity index (χ1v) is 6.50. The Bertz CT molecular complexity index is 593. The molecule has 0 saturated heterocycles. The minimum absolute atomic E-state index is 0.205. The minimum atomic E-state index is -0.205. The number of benzene rings is 1. The van der Waals surface area contributed by atoms with Crippen molar-refractivity contribution in [2.45, 2.75) is 13.3 Å². The molecular weight excluding hydrogens is 252 g/mol. The quantitative estimate of drug-likeness (QED) is 0.926. The van der Waals surface area contributed by atoms with E-state index < -0.39 is 0 Å². The van der Waals surface area contributed by atoms with Crippen LogP contribution in [0.5, 0.6) is 0 Å². The molecule has 1 aromatic carbocycles. The molecular formula is C15H18N4O. The van der Waals surface area contributed by atoms with E-state index in [4.69, 9.17) is 0 Å². The largest absolute Gasteiger partial charge is 0.347 e. The maximum atomic E-state index is 12.1. The van der Waals surface area contributed by atoms with Gasteiger partial charge in [-0.15, -0.1) is 0 Å². The number of aromatic nitrogens is 2. The molecule has 1 aromatic heterocycles. The van der Waals surface area contributed by atoms with Crippen LogP contribution >= 0.6 is 0 Å². The second-order valence-electron chi connectivity index (χ2n) is 4.67. The Morgan fingerprint density at radius 3 is 2.55 bits per heavy atom. The molecule has 20 heavy (non-hydrogen) atoms. The van der Waals surface area contributed by atoms with Crippen LogP contribution < -0.4 is 10.2 Å². The third kappa shape index (κ3) is 3.32. The summed E-state index contributed by atoms with van der Waals surface area (Å²) in [6, 6.07) is 7.80. The number of hydrogen-bond donors (Lipinski definition) is 1. The van der Waals surface area contributed by atoms with E-state index >= 15 is 0 Å². The molecule has 2 aromatic rings. The number of anilines is 2. The summed E-state index contributed by atoms with van der Waals surface area (Å²) in [7, 11) is 3.71. The van der Waals surface area contributed by atoms with E-state index in [1.807, 2.05) is 38.4 Å². The molecule has 0 aliphatic carbocycles. The summed E-state index contributed by atoms with van der Waals surface area (Å²) in [6.45, 7) is 2.08. The van der Waals surface area contributed by atoms with Gasteiger partial charge in [0.15, 0.2) is 0 Å². The highest BCUT2D eigenvalue weighted by molar-refractivity contribution is 6.03. The van der Waals surface area contributed by atoms with Crippen molar-refractivity contribution in [3.8, 4) is 0 Å². The van der Waals surface area contributed by atoms with Gasteiger partial charge in [0.1, 0.15) is 0 Å². The van der Waals surface area contributed by atoms with Crippen molar-refractivity contribution in [1.82, 2.24) is 9.97 Å². The lowest BCUT2D eigenvalue weighted by atomic mass is 10.1. The van der Waals surface area contributed by atoms with E-state index in [-0.39, 0.29) is 5.91 Å². The molecule has 2 rings (SSSR count). The number of aryl methyl sites for hydroxylation is 1. The Morgan fingerprint density at radius 2 is 1.95 bits per heavy atom. The van der Waals surface area contributed by atoms with Crippen LogP contribution in [-0.4, -0.2) is 30.0 Å². The van der Waals surface area contributed by atoms with Gasteiger partial charge in [0.25, 0.3) is 5.91 Å². The molecule has 104 valence electrons. The predicted octanol–water partition coefficient (Wildman–Crippen LogP) is 2.36. The van der Waals surface area contributed by atoms with Crippen LogP contribution in [0.1, 0.15) is 22.8 Å². The second-order valence-corrected chi connectivity index (χ2v) is 4.67. The number of carbonyl (C=O) groups excluding carboxylic acids is 1. The first kappa shape index (κ1) is 14.0. The molecule has 0 aliphatic rings. The zero-order valence-electron chi connectivity index (χ0n) is 11.9. The number of amides is 1. The molecule has 0 fully saturated rings. The first-order chi connectivity index (χ1) is 9.60. The molecule has 1 amide bonds. The first-order valence-electron chi connectivity index (χ1n) is 6.50. The van der Waals surface area contributed by atoms with Gasteiger partial charge in [0.05, 0.1) is 5.56 Å². The Balaban J connectivity index is 2.11. The SMILES string of the molecule is CCc1cccc(NC(=O)c2cnc(N(C)C)nc2)c1. The van der Waals surface area contributed by atoms with Crippen molar-refractivity contribution in [2.75, 3.05) is 24.3 Å². The number of nitrogens with one attached hydrogen (secondary N) is 1. The van der Waals surface area contributed by atoms with Gasteiger partial charge in [0, 0.05) is 32.2 Å². The van der Waals surface area contributed by atoms with Crippen molar-refractivity contribution in [3.63, 3.8) is 0 Å². The van der Waals surface area contributed by atoms with Crippen LogP contribution in [0, 0.1) is 0 Å². The lowest BCUT2D eigenvalue weighted by Crippen LogP contribution is -2.16. The number of hydrogen-bond acceptors (Lipinski definition) is 4. The summed E-state index contributed by atoms with van der Waals surface area (Å²) in [5.74, 6) is 0.373. The van der Waals surface area contributed by atoms with Gasteiger partial charge in [-0.1, -0.05) is 19.1 Å². The summed E-state index contributed by atoms with van der Waals surface area (Å²) in [5, 5.41) is 2.85. The average molecular weight is 270 g/mol. The van der Waals surface area contributed by atoms with Crippen molar-refractivity contribution < 1.29 is 4.79 Å². The van der Waals surface area contributed by atoms with Gasteiger partial charge in [-0.05, 0) is 24.1 Å². The van der Waals surface area contributed by atoms with E-state index in [2.05, 4.69) is 22.2 Å². The van der Waals surface area contributed by atoms with E-state index in [1.165, 1.54) is 18.0 Å². The van der Waals surface area contributed by atoms with E-state index in [9.17, 15) is 4.79 Å². The van der Waals surface area contributed by atoms with Crippen LogP contribution in [0.25, 0.3) is 0 Å². The Morgan fingerprint density at radius 1 is 1.25 bits per heavy atom. The van der Waals surface area contributed by atoms with Crippen LogP contribution in [-0.2, 0) is 6.42 Å². The zero-order valence-corrected chi connectivity index (χ0v) is 11.9. The third-order valence-electron chi connectivity index (χ3n) is 2.89. The standard InChI is InChI=1S/C15H18N4O/c1-4-11-6-5-7-13(8-11)18-14(20)12-9-16-15(17-10-12)19(2)3/h5-10H,4H2,1-3H3,(H,18,20). The molecule has 0 spiro atoms.